The minimum absolute atomic E-state index is 0.157. The fraction of sp³-hybridized carbons (Fsp3) is 1.00. The normalized spacial score (nSPS) is 38.2. The molecule has 2 nitrogen and oxygen atoms in total. The molecule has 1 rings (SSSR count). The lowest BCUT2D eigenvalue weighted by Crippen LogP contribution is -2.19. The zero-order valence-electron chi connectivity index (χ0n) is 4.60. The van der Waals surface area contributed by atoms with Gasteiger partial charge in [0.1, 0.15) is 0 Å². The predicted octanol–water partition coefficient (Wildman–Crippen LogP) is -0.464. The molecule has 0 radical (unpaired) electrons. The maximum absolute atomic E-state index is 11.7. The van der Waals surface area contributed by atoms with Crippen LogP contribution < -0.4 is 5.32 Å². The first-order chi connectivity index (χ1) is 3.84. The van der Waals surface area contributed by atoms with E-state index in [4.69, 9.17) is 5.11 Å². The summed E-state index contributed by atoms with van der Waals surface area (Å²) in [5.41, 5.74) is 0. The summed E-state index contributed by atoms with van der Waals surface area (Å²) < 4.78 is 11.7. The van der Waals surface area contributed by atoms with Gasteiger partial charge in [-0.2, -0.15) is 0 Å². The van der Waals surface area contributed by atoms with E-state index in [1.165, 1.54) is 0 Å². The van der Waals surface area contributed by atoms with Crippen molar-refractivity contribution >= 4 is 0 Å². The molecule has 2 unspecified atom stereocenters. The van der Waals surface area contributed by atoms with Gasteiger partial charge in [-0.25, -0.2) is 0 Å². The second kappa shape index (κ2) is 2.42. The second-order valence-electron chi connectivity index (χ2n) is 2.14. The van der Waals surface area contributed by atoms with Gasteiger partial charge in [0.25, 0.3) is 0 Å². The van der Waals surface area contributed by atoms with E-state index in [2.05, 4.69) is 5.32 Å². The summed E-state index contributed by atoms with van der Waals surface area (Å²) in [4.78, 5) is 0. The number of alkyl halides is 1. The van der Waals surface area contributed by atoms with Crippen LogP contribution in [0.3, 0.4) is 0 Å². The number of aliphatic hydroxyl groups excluding tert-OH is 1. The second-order valence-corrected chi connectivity index (χ2v) is 2.14. The van der Waals surface area contributed by atoms with E-state index in [0.29, 0.717) is 13.1 Å². The monoisotopic (exact) mass is 119 g/mol. The third-order valence-corrected chi connectivity index (χ3v) is 1.50. The van der Waals surface area contributed by atoms with Crippen LogP contribution >= 0.6 is 0 Å². The Morgan fingerprint density at radius 1 is 1.62 bits per heavy atom. The number of rotatable bonds is 1. The highest BCUT2D eigenvalue weighted by atomic mass is 19.1. The van der Waals surface area contributed by atoms with Gasteiger partial charge in [-0.15, -0.1) is 0 Å². The highest BCUT2D eigenvalue weighted by molar-refractivity contribution is 4.79. The van der Waals surface area contributed by atoms with Gasteiger partial charge in [0.2, 0.25) is 0 Å². The summed E-state index contributed by atoms with van der Waals surface area (Å²) in [5, 5.41) is 11.8. The minimum Gasteiger partial charge on any atom is -0.391 e. The molecule has 0 saturated carbocycles. The van der Waals surface area contributed by atoms with E-state index in [1.807, 2.05) is 0 Å². The summed E-state index contributed by atoms with van der Waals surface area (Å²) in [6, 6.07) is 0. The third kappa shape index (κ3) is 0.980. The molecule has 0 spiro atoms. The zero-order chi connectivity index (χ0) is 5.98. The van der Waals surface area contributed by atoms with Gasteiger partial charge in [0.05, 0.1) is 12.8 Å². The molecule has 1 fully saturated rings. The van der Waals surface area contributed by atoms with Crippen molar-refractivity contribution in [3.63, 3.8) is 0 Å². The molecule has 1 aliphatic rings. The Morgan fingerprint density at radius 3 is 2.62 bits per heavy atom. The Morgan fingerprint density at radius 2 is 2.38 bits per heavy atom. The number of hydrogen-bond donors (Lipinski definition) is 2. The fourth-order valence-electron chi connectivity index (χ4n) is 0.877. The van der Waals surface area contributed by atoms with E-state index < -0.39 is 12.8 Å². The molecule has 2 N–H and O–H groups in total. The van der Waals surface area contributed by atoms with Crippen molar-refractivity contribution in [3.05, 3.63) is 0 Å². The Hall–Kier alpha value is -0.150. The number of aliphatic hydroxyl groups is 1. The highest BCUT2D eigenvalue weighted by Gasteiger charge is 2.23. The molecule has 1 aliphatic heterocycles. The Bertz CT molecular complexity index is 78.8. The molecule has 0 aliphatic carbocycles. The van der Waals surface area contributed by atoms with Gasteiger partial charge < -0.3 is 10.4 Å². The lowest BCUT2D eigenvalue weighted by molar-refractivity contribution is 0.131. The van der Waals surface area contributed by atoms with Crippen LogP contribution in [0.1, 0.15) is 0 Å². The number of hydrogen-bond acceptors (Lipinski definition) is 2. The molecular weight excluding hydrogens is 109 g/mol. The molecule has 1 saturated heterocycles. The smallest absolute Gasteiger partial charge is 0.0959 e. The molecule has 0 aromatic heterocycles. The number of halogens is 1. The first kappa shape index (κ1) is 5.98. The molecule has 0 aromatic rings. The topological polar surface area (TPSA) is 32.3 Å². The maximum Gasteiger partial charge on any atom is 0.0959 e. The molecule has 8 heavy (non-hydrogen) atoms. The molecule has 48 valence electrons. The average molecular weight is 119 g/mol. The minimum atomic E-state index is -0.458. The lowest BCUT2D eigenvalue weighted by atomic mass is 10.1. The first-order valence-electron chi connectivity index (χ1n) is 2.79. The Balaban J connectivity index is 2.30. The van der Waals surface area contributed by atoms with Gasteiger partial charge in [-0.05, 0) is 0 Å². The van der Waals surface area contributed by atoms with Crippen molar-refractivity contribution in [2.75, 3.05) is 19.8 Å². The van der Waals surface area contributed by atoms with Crippen LogP contribution in [0.2, 0.25) is 0 Å². The van der Waals surface area contributed by atoms with Crippen molar-refractivity contribution < 1.29 is 9.50 Å². The molecule has 0 aromatic carbocycles. The molecule has 3 heteroatoms. The average Bonchev–Trinajstić information content (AvgIpc) is 2.14. The summed E-state index contributed by atoms with van der Waals surface area (Å²) in [6.45, 7) is 0.764. The largest absolute Gasteiger partial charge is 0.391 e. The van der Waals surface area contributed by atoms with Crippen molar-refractivity contribution in [3.8, 4) is 0 Å². The van der Waals surface area contributed by atoms with Crippen LogP contribution in [0.5, 0.6) is 0 Å². The lowest BCUT2D eigenvalue weighted by Gasteiger charge is -2.05. The van der Waals surface area contributed by atoms with E-state index in [1.54, 1.807) is 0 Å². The number of β-amino-alcohol motifs (C(OH)–C–C–N with tert-alkyl or cyclic N) is 1. The van der Waals surface area contributed by atoms with Gasteiger partial charge in [0.15, 0.2) is 0 Å². The summed E-state index contributed by atoms with van der Waals surface area (Å²) >= 11 is 0. The van der Waals surface area contributed by atoms with E-state index >= 15 is 0 Å². The summed E-state index contributed by atoms with van der Waals surface area (Å²) in [7, 11) is 0. The third-order valence-electron chi connectivity index (χ3n) is 1.50. The summed E-state index contributed by atoms with van der Waals surface area (Å²) in [5.74, 6) is -0.157. The Kier molecular flexibility index (Phi) is 1.81. The van der Waals surface area contributed by atoms with Crippen molar-refractivity contribution in [2.45, 2.75) is 6.10 Å². The van der Waals surface area contributed by atoms with Gasteiger partial charge >= 0.3 is 0 Å². The van der Waals surface area contributed by atoms with E-state index in [-0.39, 0.29) is 5.92 Å². The van der Waals surface area contributed by atoms with Crippen LogP contribution in [0, 0.1) is 5.92 Å². The van der Waals surface area contributed by atoms with Crippen LogP contribution in [0.25, 0.3) is 0 Å². The van der Waals surface area contributed by atoms with Crippen molar-refractivity contribution in [1.29, 1.82) is 0 Å². The fourth-order valence-corrected chi connectivity index (χ4v) is 0.877. The molecule has 0 amide bonds. The van der Waals surface area contributed by atoms with Gasteiger partial charge in [0, 0.05) is 19.0 Å². The Labute approximate surface area is 47.7 Å². The predicted molar refractivity (Wildman–Crippen MR) is 28.3 cm³/mol. The van der Waals surface area contributed by atoms with Crippen LogP contribution in [0.15, 0.2) is 0 Å². The molecule has 2 atom stereocenters. The first-order valence-corrected chi connectivity index (χ1v) is 2.79. The van der Waals surface area contributed by atoms with E-state index in [9.17, 15) is 4.39 Å². The standard InChI is InChI=1S/C5H10FNO/c6-1-4-2-7-3-5(4)8/h4-5,7-8H,1-3H2. The quantitative estimate of drug-likeness (QED) is 0.489. The highest BCUT2D eigenvalue weighted by Crippen LogP contribution is 2.07. The maximum atomic E-state index is 11.7. The molecule has 1 heterocycles. The number of nitrogens with one attached hydrogen (secondary N) is 1. The molecule has 0 bridgehead atoms. The summed E-state index contributed by atoms with van der Waals surface area (Å²) in [6.07, 6.45) is -0.458. The van der Waals surface area contributed by atoms with Gasteiger partial charge in [-0.3, -0.25) is 4.39 Å². The van der Waals surface area contributed by atoms with E-state index in [0.717, 1.165) is 0 Å². The van der Waals surface area contributed by atoms with Crippen LogP contribution in [-0.2, 0) is 0 Å². The molecular formula is C5H10FNO. The zero-order valence-corrected chi connectivity index (χ0v) is 4.60. The van der Waals surface area contributed by atoms with Crippen LogP contribution in [0.4, 0.5) is 4.39 Å². The van der Waals surface area contributed by atoms with Gasteiger partial charge in [-0.1, -0.05) is 0 Å². The van der Waals surface area contributed by atoms with Crippen molar-refractivity contribution in [1.82, 2.24) is 5.32 Å². The van der Waals surface area contributed by atoms with Crippen molar-refractivity contribution in [2.24, 2.45) is 5.92 Å². The van der Waals surface area contributed by atoms with Crippen LogP contribution in [-0.4, -0.2) is 31.0 Å². The SMILES string of the molecule is OC1CNCC1CF.